The van der Waals surface area contributed by atoms with Crippen LogP contribution in [0.25, 0.3) is 5.65 Å². The van der Waals surface area contributed by atoms with Crippen LogP contribution in [0, 0.1) is 5.82 Å². The number of fused-ring (bicyclic) bond motifs is 1. The summed E-state index contributed by atoms with van der Waals surface area (Å²) in [7, 11) is 0. The van der Waals surface area contributed by atoms with Crippen LogP contribution in [0.1, 0.15) is 62.9 Å². The average Bonchev–Trinajstić information content (AvgIpc) is 3.56. The first-order chi connectivity index (χ1) is 17.9. The van der Waals surface area contributed by atoms with Gasteiger partial charge in [-0.1, -0.05) is 0 Å². The maximum absolute atomic E-state index is 14.0. The van der Waals surface area contributed by atoms with Crippen LogP contribution >= 0.6 is 0 Å². The minimum Gasteiger partial charge on any atom is -0.379 e. The summed E-state index contributed by atoms with van der Waals surface area (Å²) < 4.78 is 15.5. The molecule has 0 radical (unpaired) electrons. The van der Waals surface area contributed by atoms with E-state index in [2.05, 4.69) is 41.7 Å². The molecule has 0 spiro atoms. The highest BCUT2D eigenvalue weighted by molar-refractivity contribution is 6.03. The van der Waals surface area contributed by atoms with Crippen molar-refractivity contribution in [2.45, 2.75) is 76.5 Å². The fraction of sp³-hybridized carbons (Fsp3) is 0.480. The van der Waals surface area contributed by atoms with Crippen LogP contribution in [0.15, 0.2) is 30.7 Å². The van der Waals surface area contributed by atoms with Crippen molar-refractivity contribution in [2.24, 2.45) is 0 Å². The largest absolute Gasteiger partial charge is 0.379 e. The molecule has 2 fully saturated rings. The molecule has 0 aliphatic heterocycles. The molecule has 0 atom stereocenters. The molecule has 3 heterocycles. The van der Waals surface area contributed by atoms with Crippen molar-refractivity contribution in [3.8, 4) is 0 Å². The Labute approximate surface area is 214 Å². The standard InChI is InChI=1S/C25H32FN9O2/c1-14(2)29-25(37)32-17-7-5-16(6-8-17)31-22-11-20(30-15-3-4-15)23-28-13-21(35(23)34-22)24(36)33-19-9-10-27-12-18(19)26/h9-17,30H,3-8H2,1-2H3,(H,31,34)(H,27,33,36)(H2,29,32,37). The average molecular weight is 510 g/mol. The first kappa shape index (κ1) is 24.7. The number of hydrogen-bond acceptors (Lipinski definition) is 7. The number of hydrogen-bond donors (Lipinski definition) is 5. The highest BCUT2D eigenvalue weighted by atomic mass is 19.1. The first-order valence-electron chi connectivity index (χ1n) is 12.8. The highest BCUT2D eigenvalue weighted by Gasteiger charge is 2.26. The Kier molecular flexibility index (Phi) is 7.06. The number of nitrogens with zero attached hydrogens (tertiary/aromatic N) is 4. The zero-order valence-electron chi connectivity index (χ0n) is 20.9. The molecule has 0 aromatic carbocycles. The second-order valence-electron chi connectivity index (χ2n) is 10.0. The predicted octanol–water partition coefficient (Wildman–Crippen LogP) is 3.52. The summed E-state index contributed by atoms with van der Waals surface area (Å²) in [5.74, 6) is -0.527. The first-order valence-corrected chi connectivity index (χ1v) is 12.8. The quantitative estimate of drug-likeness (QED) is 0.313. The summed E-state index contributed by atoms with van der Waals surface area (Å²) in [5.41, 5.74) is 1.54. The van der Waals surface area contributed by atoms with Crippen molar-refractivity contribution in [3.63, 3.8) is 0 Å². The second kappa shape index (κ2) is 10.6. The van der Waals surface area contributed by atoms with E-state index >= 15 is 0 Å². The molecule has 0 bridgehead atoms. The van der Waals surface area contributed by atoms with Crippen LogP contribution in [0.3, 0.4) is 0 Å². The lowest BCUT2D eigenvalue weighted by Crippen LogP contribution is -2.46. The van der Waals surface area contributed by atoms with Gasteiger partial charge in [-0.2, -0.15) is 0 Å². The smallest absolute Gasteiger partial charge is 0.315 e. The molecule has 2 aliphatic carbocycles. The van der Waals surface area contributed by atoms with Crippen LogP contribution < -0.4 is 26.6 Å². The number of anilines is 3. The summed E-state index contributed by atoms with van der Waals surface area (Å²) in [6.45, 7) is 3.87. The normalized spacial score (nSPS) is 19.5. The molecule has 0 unspecified atom stereocenters. The number of amides is 3. The molecule has 3 amide bonds. The molecule has 12 heteroatoms. The summed E-state index contributed by atoms with van der Waals surface area (Å²) in [6.07, 6.45) is 9.51. The van der Waals surface area contributed by atoms with Crippen molar-refractivity contribution in [3.05, 3.63) is 42.2 Å². The minimum absolute atomic E-state index is 0.0352. The van der Waals surface area contributed by atoms with Gasteiger partial charge in [0.1, 0.15) is 5.82 Å². The lowest BCUT2D eigenvalue weighted by Gasteiger charge is -2.30. The van der Waals surface area contributed by atoms with Crippen LogP contribution in [0.4, 0.5) is 26.4 Å². The van der Waals surface area contributed by atoms with Crippen molar-refractivity contribution >= 4 is 34.8 Å². The van der Waals surface area contributed by atoms with E-state index in [0.717, 1.165) is 50.4 Å². The molecule has 2 aliphatic rings. The number of carbonyl (C=O) groups is 2. The fourth-order valence-electron chi connectivity index (χ4n) is 4.49. The van der Waals surface area contributed by atoms with E-state index in [4.69, 9.17) is 0 Å². The van der Waals surface area contributed by atoms with Gasteiger partial charge in [-0.3, -0.25) is 9.78 Å². The molecule has 5 rings (SSSR count). The van der Waals surface area contributed by atoms with Crippen molar-refractivity contribution in [2.75, 3.05) is 16.0 Å². The van der Waals surface area contributed by atoms with Crippen molar-refractivity contribution in [1.82, 2.24) is 30.2 Å². The maximum Gasteiger partial charge on any atom is 0.315 e. The zero-order valence-corrected chi connectivity index (χ0v) is 20.9. The molecule has 196 valence electrons. The molecule has 0 saturated heterocycles. The number of rotatable bonds is 8. The van der Waals surface area contributed by atoms with E-state index in [1.54, 1.807) is 0 Å². The third-order valence-corrected chi connectivity index (χ3v) is 6.49. The van der Waals surface area contributed by atoms with Gasteiger partial charge in [-0.05, 0) is 58.4 Å². The minimum atomic E-state index is -0.622. The van der Waals surface area contributed by atoms with Gasteiger partial charge in [0.05, 0.1) is 23.8 Å². The van der Waals surface area contributed by atoms with Gasteiger partial charge in [0, 0.05) is 36.4 Å². The third kappa shape index (κ3) is 6.07. The SMILES string of the molecule is CC(C)NC(=O)NC1CCC(Nc2cc(NC3CC3)c3ncc(C(=O)Nc4ccncc4F)n3n2)CC1. The number of imidazole rings is 1. The Morgan fingerprint density at radius 2 is 1.70 bits per heavy atom. The molecule has 3 aromatic heterocycles. The maximum atomic E-state index is 14.0. The summed E-state index contributed by atoms with van der Waals surface area (Å²) >= 11 is 0. The number of urea groups is 1. The van der Waals surface area contributed by atoms with Crippen molar-refractivity contribution in [1.29, 1.82) is 0 Å². The monoisotopic (exact) mass is 509 g/mol. The van der Waals surface area contributed by atoms with Gasteiger partial charge < -0.3 is 26.6 Å². The molecule has 5 N–H and O–H groups in total. The van der Waals surface area contributed by atoms with Gasteiger partial charge >= 0.3 is 6.03 Å². The van der Waals surface area contributed by atoms with E-state index in [1.807, 2.05) is 19.9 Å². The van der Waals surface area contributed by atoms with Gasteiger partial charge in [-0.15, -0.1) is 5.10 Å². The van der Waals surface area contributed by atoms with E-state index in [1.165, 1.54) is 23.0 Å². The highest BCUT2D eigenvalue weighted by Crippen LogP contribution is 2.30. The van der Waals surface area contributed by atoms with Crippen LogP contribution in [0.5, 0.6) is 0 Å². The van der Waals surface area contributed by atoms with Gasteiger partial charge in [0.25, 0.3) is 5.91 Å². The van der Waals surface area contributed by atoms with Crippen molar-refractivity contribution < 1.29 is 14.0 Å². The lowest BCUT2D eigenvalue weighted by molar-refractivity contribution is 0.102. The Bertz CT molecular complexity index is 1280. The Morgan fingerprint density at radius 1 is 1.00 bits per heavy atom. The number of halogens is 1. The fourth-order valence-corrected chi connectivity index (χ4v) is 4.49. The van der Waals surface area contributed by atoms with Crippen LogP contribution in [-0.2, 0) is 0 Å². The lowest BCUT2D eigenvalue weighted by atomic mass is 9.91. The summed E-state index contributed by atoms with van der Waals surface area (Å²) in [6, 6.07) is 3.97. The van der Waals surface area contributed by atoms with Crippen LogP contribution in [0.2, 0.25) is 0 Å². The summed E-state index contributed by atoms with van der Waals surface area (Å²) in [4.78, 5) is 33.2. The molecule has 3 aromatic rings. The number of carbonyl (C=O) groups excluding carboxylic acids is 2. The zero-order chi connectivity index (χ0) is 25.9. The Hall–Kier alpha value is -3.96. The second-order valence-corrected chi connectivity index (χ2v) is 10.0. The molecule has 11 nitrogen and oxygen atoms in total. The molecular weight excluding hydrogens is 477 g/mol. The topological polar surface area (TPSA) is 137 Å². The van der Waals surface area contributed by atoms with E-state index in [0.29, 0.717) is 17.5 Å². The van der Waals surface area contributed by atoms with E-state index in [-0.39, 0.29) is 35.5 Å². The predicted molar refractivity (Wildman–Crippen MR) is 138 cm³/mol. The molecular formula is C25H32FN9O2. The Morgan fingerprint density at radius 3 is 2.41 bits per heavy atom. The number of aromatic nitrogens is 4. The van der Waals surface area contributed by atoms with E-state index in [9.17, 15) is 14.0 Å². The van der Waals surface area contributed by atoms with Crippen LogP contribution in [-0.4, -0.2) is 55.7 Å². The summed E-state index contributed by atoms with van der Waals surface area (Å²) in [5, 5.41) is 20.1. The third-order valence-electron chi connectivity index (χ3n) is 6.49. The van der Waals surface area contributed by atoms with E-state index < -0.39 is 11.7 Å². The van der Waals surface area contributed by atoms with Gasteiger partial charge in [0.2, 0.25) is 0 Å². The molecule has 2 saturated carbocycles. The van der Waals surface area contributed by atoms with Gasteiger partial charge in [0.15, 0.2) is 17.2 Å². The Balaban J connectivity index is 1.31. The number of nitrogens with one attached hydrogen (secondary N) is 5. The molecule has 37 heavy (non-hydrogen) atoms. The number of pyridine rings is 1. The van der Waals surface area contributed by atoms with Gasteiger partial charge in [-0.25, -0.2) is 18.7 Å².